The van der Waals surface area contributed by atoms with Crippen LogP contribution < -0.4 is 5.32 Å². The fourth-order valence-electron chi connectivity index (χ4n) is 1.34. The highest BCUT2D eigenvalue weighted by Gasteiger charge is 2.03. The van der Waals surface area contributed by atoms with Gasteiger partial charge in [-0.05, 0) is 36.4 Å². The lowest BCUT2D eigenvalue weighted by atomic mass is 10.2. The molecule has 3 heteroatoms. The Morgan fingerprint density at radius 2 is 1.35 bits per heavy atom. The van der Waals surface area contributed by atoms with Crippen molar-refractivity contribution in [1.82, 2.24) is 0 Å². The molecule has 1 N–H and O–H groups in total. The second-order valence-corrected chi connectivity index (χ2v) is 3.88. The summed E-state index contributed by atoms with van der Waals surface area (Å²) >= 11 is 4.18. The maximum absolute atomic E-state index is 11.8. The maximum atomic E-state index is 11.8. The molecule has 0 heterocycles. The van der Waals surface area contributed by atoms with Crippen molar-refractivity contribution in [2.24, 2.45) is 0 Å². The van der Waals surface area contributed by atoms with Crippen LogP contribution in [-0.2, 0) is 0 Å². The van der Waals surface area contributed by atoms with E-state index in [1.54, 1.807) is 12.1 Å². The van der Waals surface area contributed by atoms with E-state index < -0.39 is 0 Å². The first-order chi connectivity index (χ1) is 9.75. The van der Waals surface area contributed by atoms with Gasteiger partial charge in [0.05, 0.1) is 0 Å². The lowest BCUT2D eigenvalue weighted by molar-refractivity contribution is 0.102. The lowest BCUT2D eigenvalue weighted by Crippen LogP contribution is -2.11. The summed E-state index contributed by atoms with van der Waals surface area (Å²) in [6.07, 6.45) is 0. The van der Waals surface area contributed by atoms with Gasteiger partial charge in [-0.3, -0.25) is 4.79 Å². The van der Waals surface area contributed by atoms with Crippen molar-refractivity contribution in [2.45, 2.75) is 32.6 Å². The van der Waals surface area contributed by atoms with Gasteiger partial charge in [0.1, 0.15) is 0 Å². The normalized spacial score (nSPS) is 8.45. The second-order valence-electron chi connectivity index (χ2n) is 3.37. The predicted molar refractivity (Wildman–Crippen MR) is 90.8 cm³/mol. The van der Waals surface area contributed by atoms with Gasteiger partial charge in [0, 0.05) is 16.1 Å². The first-order valence-corrected chi connectivity index (χ1v) is 7.36. The fourth-order valence-corrected chi connectivity index (χ4v) is 1.49. The Balaban J connectivity index is 0.000000829. The van der Waals surface area contributed by atoms with Crippen molar-refractivity contribution in [2.75, 3.05) is 5.32 Å². The summed E-state index contributed by atoms with van der Waals surface area (Å²) in [6.45, 7) is 8.00. The van der Waals surface area contributed by atoms with Crippen LogP contribution in [0.4, 0.5) is 5.69 Å². The molecule has 0 aliphatic heterocycles. The van der Waals surface area contributed by atoms with Crippen LogP contribution in [0, 0.1) is 0 Å². The third-order valence-corrected chi connectivity index (χ3v) is 2.46. The second kappa shape index (κ2) is 11.1. The third-order valence-electron chi connectivity index (χ3n) is 2.16. The highest BCUT2D eigenvalue weighted by molar-refractivity contribution is 7.80. The van der Waals surface area contributed by atoms with Crippen molar-refractivity contribution in [3.05, 3.63) is 60.2 Å². The van der Waals surface area contributed by atoms with Crippen molar-refractivity contribution in [3.63, 3.8) is 0 Å². The number of hydrogen-bond donors (Lipinski definition) is 2. The molecule has 0 bridgehead atoms. The van der Waals surface area contributed by atoms with Gasteiger partial charge in [0.15, 0.2) is 0 Å². The van der Waals surface area contributed by atoms with Crippen LogP contribution in [0.1, 0.15) is 38.1 Å². The standard InChI is InChI=1S/C13H11NOS.2C2H6/c15-13(10-4-2-1-3-5-10)14-11-6-8-12(16)9-7-11;2*1-2/h1-9,16H,(H,14,15);2*1-2H3. The van der Waals surface area contributed by atoms with Gasteiger partial charge in [-0.25, -0.2) is 0 Å². The Hall–Kier alpha value is -1.74. The summed E-state index contributed by atoms with van der Waals surface area (Å²) in [6, 6.07) is 16.4. The van der Waals surface area contributed by atoms with E-state index in [2.05, 4.69) is 17.9 Å². The lowest BCUT2D eigenvalue weighted by Gasteiger charge is -2.04. The number of amides is 1. The SMILES string of the molecule is CC.CC.O=C(Nc1ccc(S)cc1)c1ccccc1. The van der Waals surface area contributed by atoms with Gasteiger partial charge in [-0.2, -0.15) is 0 Å². The Morgan fingerprint density at radius 1 is 0.850 bits per heavy atom. The number of rotatable bonds is 2. The van der Waals surface area contributed by atoms with E-state index in [9.17, 15) is 4.79 Å². The molecule has 0 spiro atoms. The van der Waals surface area contributed by atoms with E-state index >= 15 is 0 Å². The van der Waals surface area contributed by atoms with Crippen molar-refractivity contribution >= 4 is 24.2 Å². The quantitative estimate of drug-likeness (QED) is 0.724. The molecule has 0 aliphatic carbocycles. The highest BCUT2D eigenvalue weighted by Crippen LogP contribution is 2.13. The first kappa shape index (κ1) is 18.3. The van der Waals surface area contributed by atoms with Crippen molar-refractivity contribution in [3.8, 4) is 0 Å². The Bertz CT molecular complexity index is 480. The summed E-state index contributed by atoms with van der Waals surface area (Å²) < 4.78 is 0. The van der Waals surface area contributed by atoms with Crippen molar-refractivity contribution < 1.29 is 4.79 Å². The molecule has 0 unspecified atom stereocenters. The minimum Gasteiger partial charge on any atom is -0.322 e. The zero-order valence-electron chi connectivity index (χ0n) is 12.6. The van der Waals surface area contributed by atoms with Crippen LogP contribution >= 0.6 is 12.6 Å². The van der Waals surface area contributed by atoms with Crippen LogP contribution in [-0.4, -0.2) is 5.91 Å². The van der Waals surface area contributed by atoms with E-state index in [0.29, 0.717) is 5.56 Å². The van der Waals surface area contributed by atoms with Gasteiger partial charge in [-0.1, -0.05) is 45.9 Å². The molecule has 108 valence electrons. The number of carbonyl (C=O) groups excluding carboxylic acids is 1. The average molecular weight is 289 g/mol. The first-order valence-electron chi connectivity index (χ1n) is 6.91. The number of benzene rings is 2. The summed E-state index contributed by atoms with van der Waals surface area (Å²) in [4.78, 5) is 12.6. The van der Waals surface area contributed by atoms with Gasteiger partial charge in [0.25, 0.3) is 5.91 Å². The van der Waals surface area contributed by atoms with Crippen LogP contribution in [0.5, 0.6) is 0 Å². The number of thiol groups is 1. The van der Waals surface area contributed by atoms with E-state index in [1.807, 2.05) is 70.2 Å². The van der Waals surface area contributed by atoms with E-state index in [-0.39, 0.29) is 5.91 Å². The summed E-state index contributed by atoms with van der Waals surface area (Å²) in [7, 11) is 0. The van der Waals surface area contributed by atoms with E-state index in [0.717, 1.165) is 10.6 Å². The van der Waals surface area contributed by atoms with Crippen LogP contribution in [0.25, 0.3) is 0 Å². The van der Waals surface area contributed by atoms with Crippen molar-refractivity contribution in [1.29, 1.82) is 0 Å². The molecule has 2 rings (SSSR count). The van der Waals surface area contributed by atoms with Gasteiger partial charge >= 0.3 is 0 Å². The largest absolute Gasteiger partial charge is 0.322 e. The topological polar surface area (TPSA) is 29.1 Å². The average Bonchev–Trinajstić information content (AvgIpc) is 2.54. The molecule has 0 atom stereocenters. The van der Waals surface area contributed by atoms with Gasteiger partial charge < -0.3 is 5.32 Å². The summed E-state index contributed by atoms with van der Waals surface area (Å²) in [5.41, 5.74) is 1.42. The minimum absolute atomic E-state index is 0.104. The zero-order valence-corrected chi connectivity index (χ0v) is 13.4. The Labute approximate surface area is 127 Å². The molecule has 0 saturated carbocycles. The molecule has 0 fully saturated rings. The third kappa shape index (κ3) is 6.43. The highest BCUT2D eigenvalue weighted by atomic mass is 32.1. The van der Waals surface area contributed by atoms with Gasteiger partial charge in [-0.15, -0.1) is 12.6 Å². The van der Waals surface area contributed by atoms with Gasteiger partial charge in [0.2, 0.25) is 0 Å². The molecule has 2 aromatic rings. The predicted octanol–water partition coefficient (Wildman–Crippen LogP) is 5.28. The number of carbonyl (C=O) groups is 1. The van der Waals surface area contributed by atoms with E-state index in [4.69, 9.17) is 0 Å². The molecule has 0 saturated heterocycles. The number of nitrogens with one attached hydrogen (secondary N) is 1. The monoisotopic (exact) mass is 289 g/mol. The Morgan fingerprint density at radius 3 is 1.85 bits per heavy atom. The van der Waals surface area contributed by atoms with Crippen LogP contribution in [0.15, 0.2) is 59.5 Å². The molecule has 0 aliphatic rings. The maximum Gasteiger partial charge on any atom is 0.255 e. The number of hydrogen-bond acceptors (Lipinski definition) is 2. The molecule has 20 heavy (non-hydrogen) atoms. The minimum atomic E-state index is -0.104. The van der Waals surface area contributed by atoms with E-state index in [1.165, 1.54) is 0 Å². The molecule has 0 radical (unpaired) electrons. The molecule has 0 aromatic heterocycles. The summed E-state index contributed by atoms with van der Waals surface area (Å²) in [5.74, 6) is -0.104. The Kier molecular flexibility index (Phi) is 10.2. The number of anilines is 1. The molecular weight excluding hydrogens is 266 g/mol. The fraction of sp³-hybridized carbons (Fsp3) is 0.235. The smallest absolute Gasteiger partial charge is 0.255 e. The zero-order chi connectivity index (χ0) is 15.4. The molecule has 2 aromatic carbocycles. The molecular formula is C17H23NOS. The van der Waals surface area contributed by atoms with Crippen LogP contribution in [0.3, 0.4) is 0 Å². The molecule has 1 amide bonds. The van der Waals surface area contributed by atoms with Crippen LogP contribution in [0.2, 0.25) is 0 Å². The molecule has 2 nitrogen and oxygen atoms in total. The summed E-state index contributed by atoms with van der Waals surface area (Å²) in [5, 5.41) is 2.81.